The summed E-state index contributed by atoms with van der Waals surface area (Å²) >= 11 is 0. The van der Waals surface area contributed by atoms with Crippen LogP contribution in [0.25, 0.3) is 0 Å². The van der Waals surface area contributed by atoms with Crippen molar-refractivity contribution in [2.45, 2.75) is 69.7 Å². The molecule has 6 atom stereocenters. The fourth-order valence-electron chi connectivity index (χ4n) is 7.65. The van der Waals surface area contributed by atoms with Crippen LogP contribution < -0.4 is 4.90 Å². The molecule has 2 bridgehead atoms. The molecule has 3 saturated heterocycles. The zero-order valence-corrected chi connectivity index (χ0v) is 25.3. The van der Waals surface area contributed by atoms with Gasteiger partial charge in [0.1, 0.15) is 24.2 Å². The molecule has 2 aromatic rings. The van der Waals surface area contributed by atoms with Gasteiger partial charge >= 0.3 is 5.97 Å². The number of likely N-dealkylation sites (tertiary alicyclic amines) is 1. The summed E-state index contributed by atoms with van der Waals surface area (Å²) in [6.07, 6.45) is 4.95. The van der Waals surface area contributed by atoms with Gasteiger partial charge in [-0.15, -0.1) is 6.58 Å². The van der Waals surface area contributed by atoms with E-state index in [1.165, 1.54) is 11.0 Å². The first kappa shape index (κ1) is 30.7. The fraction of sp³-hybridized carbons (Fsp3) is 0.457. The van der Waals surface area contributed by atoms with E-state index in [0.29, 0.717) is 25.7 Å². The summed E-state index contributed by atoms with van der Waals surface area (Å²) < 4.78 is 12.4. The molecule has 8 nitrogen and oxygen atoms in total. The number of nitrogens with zero attached hydrogens (tertiary/aromatic N) is 2. The highest BCUT2D eigenvalue weighted by Crippen LogP contribution is 2.65. The van der Waals surface area contributed by atoms with E-state index >= 15 is 0 Å². The minimum absolute atomic E-state index is 0.0160. The minimum atomic E-state index is -1.25. The molecular formula is C35H42N2O6. The number of aliphatic hydroxyl groups is 1. The van der Waals surface area contributed by atoms with Crippen LogP contribution in [0.5, 0.6) is 0 Å². The normalized spacial score (nSPS) is 28.0. The molecular weight excluding hydrogens is 544 g/mol. The van der Waals surface area contributed by atoms with E-state index in [4.69, 9.17) is 9.47 Å². The number of hydrogen-bond acceptors (Lipinski definition) is 6. The lowest BCUT2D eigenvalue weighted by molar-refractivity contribution is -0.161. The lowest BCUT2D eigenvalue weighted by atomic mass is 9.65. The first-order valence-electron chi connectivity index (χ1n) is 15.1. The third-order valence-corrected chi connectivity index (χ3v) is 9.60. The van der Waals surface area contributed by atoms with Crippen molar-refractivity contribution < 1.29 is 29.0 Å². The van der Waals surface area contributed by atoms with Crippen molar-refractivity contribution in [2.75, 3.05) is 24.7 Å². The molecule has 0 saturated carbocycles. The molecule has 3 aliphatic heterocycles. The lowest BCUT2D eigenvalue weighted by Gasteiger charge is -2.40. The quantitative estimate of drug-likeness (QED) is 0.294. The molecule has 2 amide bonds. The number of fused-ring (bicyclic) bond motifs is 1. The van der Waals surface area contributed by atoms with Crippen LogP contribution in [0.1, 0.15) is 42.9 Å². The van der Waals surface area contributed by atoms with Gasteiger partial charge in [0.2, 0.25) is 5.91 Å². The first-order valence-corrected chi connectivity index (χ1v) is 15.1. The van der Waals surface area contributed by atoms with Crippen molar-refractivity contribution in [1.29, 1.82) is 0 Å². The van der Waals surface area contributed by atoms with Gasteiger partial charge in [-0.2, -0.15) is 0 Å². The summed E-state index contributed by atoms with van der Waals surface area (Å²) in [6.45, 7) is 13.3. The summed E-state index contributed by atoms with van der Waals surface area (Å²) in [5.74, 6) is -2.98. The van der Waals surface area contributed by atoms with Crippen molar-refractivity contribution in [2.24, 2.45) is 11.8 Å². The van der Waals surface area contributed by atoms with Crippen LogP contribution in [-0.2, 0) is 30.3 Å². The van der Waals surface area contributed by atoms with Crippen molar-refractivity contribution in [3.8, 4) is 0 Å². The van der Waals surface area contributed by atoms with Crippen molar-refractivity contribution in [3.63, 3.8) is 0 Å². The third-order valence-electron chi connectivity index (χ3n) is 9.60. The van der Waals surface area contributed by atoms with E-state index in [-0.39, 0.29) is 31.6 Å². The molecule has 5 rings (SSSR count). The van der Waals surface area contributed by atoms with Crippen molar-refractivity contribution in [1.82, 2.24) is 4.90 Å². The number of carbonyl (C=O) groups excluding carboxylic acids is 3. The predicted octanol–water partition coefficient (Wildman–Crippen LogP) is 4.31. The highest BCUT2D eigenvalue weighted by atomic mass is 16.6. The maximum absolute atomic E-state index is 15.0. The third kappa shape index (κ3) is 5.00. The van der Waals surface area contributed by atoms with Gasteiger partial charge in [0.25, 0.3) is 5.91 Å². The number of ether oxygens (including phenoxy) is 2. The molecule has 1 N–H and O–H groups in total. The zero-order valence-electron chi connectivity index (χ0n) is 25.3. The van der Waals surface area contributed by atoms with Gasteiger partial charge in [0.05, 0.1) is 24.2 Å². The van der Waals surface area contributed by atoms with Gasteiger partial charge in [-0.05, 0) is 62.3 Å². The largest absolute Gasteiger partial charge is 0.461 e. The molecule has 3 fully saturated rings. The predicted molar refractivity (Wildman–Crippen MR) is 164 cm³/mol. The van der Waals surface area contributed by atoms with E-state index in [1.54, 1.807) is 11.0 Å². The molecule has 228 valence electrons. The average molecular weight is 587 g/mol. The number of benzene rings is 2. The Hall–Kier alpha value is -3.75. The standard InChI is InChI=1S/C35H42N2O6/c1-6-18-36(27-20-23(4)14-15-24(27)5)32(40)30-35-17-16-34(8-3,43-35)29(33(41)42-19-7-2)28(35)31(39)37(30)26(22-38)21-25-12-10-9-11-13-25/h6-7,9-15,20,26,28-30,38H,1-2,8,16-19,21-22H2,3-5H3/t26-,28+,29-,30?,34+,35?/m1/s1. The number of aryl methyl sites for hydroxylation is 2. The minimum Gasteiger partial charge on any atom is -0.461 e. The number of esters is 1. The van der Waals surface area contributed by atoms with Crippen LogP contribution in [0.2, 0.25) is 0 Å². The van der Waals surface area contributed by atoms with Crippen LogP contribution in [0, 0.1) is 25.7 Å². The van der Waals surface area contributed by atoms with Gasteiger partial charge < -0.3 is 24.4 Å². The van der Waals surface area contributed by atoms with Gasteiger partial charge in [0.15, 0.2) is 0 Å². The average Bonchev–Trinajstić information content (AvgIpc) is 3.62. The summed E-state index contributed by atoms with van der Waals surface area (Å²) in [6, 6.07) is 13.7. The molecule has 0 radical (unpaired) electrons. The lowest BCUT2D eigenvalue weighted by Crippen LogP contribution is -2.59. The second kappa shape index (κ2) is 12.1. The molecule has 43 heavy (non-hydrogen) atoms. The van der Waals surface area contributed by atoms with Gasteiger partial charge in [-0.3, -0.25) is 14.4 Å². The highest BCUT2D eigenvalue weighted by molar-refractivity contribution is 6.05. The maximum Gasteiger partial charge on any atom is 0.313 e. The van der Waals surface area contributed by atoms with E-state index < -0.39 is 41.1 Å². The Morgan fingerprint density at radius 1 is 1.16 bits per heavy atom. The monoisotopic (exact) mass is 586 g/mol. The first-order chi connectivity index (χ1) is 20.7. The van der Waals surface area contributed by atoms with Crippen molar-refractivity contribution in [3.05, 3.63) is 90.5 Å². The summed E-state index contributed by atoms with van der Waals surface area (Å²) in [7, 11) is 0. The van der Waals surface area contributed by atoms with Crippen LogP contribution in [0.15, 0.2) is 73.8 Å². The molecule has 0 aliphatic carbocycles. The van der Waals surface area contributed by atoms with E-state index in [0.717, 1.165) is 22.4 Å². The number of hydrogen-bond donors (Lipinski definition) is 1. The summed E-state index contributed by atoms with van der Waals surface area (Å²) in [5.41, 5.74) is 1.37. The smallest absolute Gasteiger partial charge is 0.313 e. The van der Waals surface area contributed by atoms with Gasteiger partial charge in [0, 0.05) is 12.2 Å². The number of anilines is 1. The Balaban J connectivity index is 1.66. The Morgan fingerprint density at radius 2 is 1.91 bits per heavy atom. The Bertz CT molecular complexity index is 1410. The molecule has 8 heteroatoms. The van der Waals surface area contributed by atoms with Crippen molar-refractivity contribution >= 4 is 23.5 Å². The van der Waals surface area contributed by atoms with Crippen LogP contribution >= 0.6 is 0 Å². The van der Waals surface area contributed by atoms with Crippen LogP contribution in [0.3, 0.4) is 0 Å². The van der Waals surface area contributed by atoms with Crippen LogP contribution in [-0.4, -0.2) is 70.8 Å². The van der Waals surface area contributed by atoms with Crippen LogP contribution in [0.4, 0.5) is 5.69 Å². The van der Waals surface area contributed by atoms with E-state index in [1.807, 2.05) is 69.3 Å². The molecule has 1 spiro atoms. The second-order valence-corrected chi connectivity index (χ2v) is 12.1. The number of carbonyl (C=O) groups is 3. The SMILES string of the molecule is C=CCOC(=O)[C@H]1[C@H]2C(=O)N([C@@H](CO)Cc3ccccc3)C(C(=O)N(CC=C)c3cc(C)ccc3C)C23CC[C@]1(CC)O3. The number of rotatable bonds is 12. The Labute approximate surface area is 254 Å². The number of amides is 2. The molecule has 2 unspecified atom stereocenters. The summed E-state index contributed by atoms with van der Waals surface area (Å²) in [4.78, 5) is 46.5. The zero-order chi connectivity index (χ0) is 30.9. The fourth-order valence-corrected chi connectivity index (χ4v) is 7.65. The molecule has 3 heterocycles. The van der Waals surface area contributed by atoms with Gasteiger partial charge in [-0.25, -0.2) is 0 Å². The topological polar surface area (TPSA) is 96.4 Å². The van der Waals surface area contributed by atoms with E-state index in [2.05, 4.69) is 13.2 Å². The second-order valence-electron chi connectivity index (χ2n) is 12.1. The Morgan fingerprint density at radius 3 is 2.56 bits per heavy atom. The van der Waals surface area contributed by atoms with E-state index in [9.17, 15) is 19.5 Å². The highest BCUT2D eigenvalue weighted by Gasteiger charge is 2.79. The molecule has 0 aromatic heterocycles. The molecule has 2 aromatic carbocycles. The van der Waals surface area contributed by atoms with Gasteiger partial charge in [-0.1, -0.05) is 68.1 Å². The maximum atomic E-state index is 15.0. The number of aliphatic hydroxyl groups excluding tert-OH is 1. The molecule has 3 aliphatic rings. The Kier molecular flexibility index (Phi) is 8.63. The summed E-state index contributed by atoms with van der Waals surface area (Å²) in [5, 5.41) is 10.7.